The van der Waals surface area contributed by atoms with Gasteiger partial charge in [0.2, 0.25) is 23.5 Å². The molecule has 1 atom stereocenters. The van der Waals surface area contributed by atoms with Gasteiger partial charge in [-0.2, -0.15) is 0 Å². The molecular weight excluding hydrogens is 684 g/mol. The Morgan fingerprint density at radius 3 is 1.40 bits per heavy atom. The molecule has 0 heterocycles. The number of methoxy groups -OCH3 is 3. The molecule has 0 saturated heterocycles. The molecular formula is C27H46N3O16P2-. The summed E-state index contributed by atoms with van der Waals surface area (Å²) in [7, 11) is 0.303. The monoisotopic (exact) mass is 730 g/mol. The molecule has 0 saturated carbocycles. The predicted octanol–water partition coefficient (Wildman–Crippen LogP) is 1.39. The van der Waals surface area contributed by atoms with Gasteiger partial charge < -0.3 is 53.4 Å². The number of rotatable bonds is 14. The Balaban J connectivity index is -0.000000178. The van der Waals surface area contributed by atoms with Crippen LogP contribution in [0.5, 0.6) is 0 Å². The van der Waals surface area contributed by atoms with Gasteiger partial charge in [0.1, 0.15) is 12.0 Å². The van der Waals surface area contributed by atoms with E-state index in [4.69, 9.17) is 4.79 Å². The smallest absolute Gasteiger partial charge is 0.378 e. The maximum atomic E-state index is 11.8. The average Bonchev–Trinajstić information content (AvgIpc) is 3.08. The van der Waals surface area contributed by atoms with Gasteiger partial charge in [-0.3, -0.25) is 28.3 Å². The minimum atomic E-state index is -3.81. The molecule has 0 aliphatic rings. The van der Waals surface area contributed by atoms with Crippen LogP contribution in [0.4, 0.5) is 0 Å². The first kappa shape index (κ1) is 53.1. The van der Waals surface area contributed by atoms with Crippen LogP contribution in [0.2, 0.25) is 0 Å². The van der Waals surface area contributed by atoms with E-state index >= 15 is 0 Å². The highest BCUT2D eigenvalue weighted by atomic mass is 31.2. The van der Waals surface area contributed by atoms with E-state index in [1.54, 1.807) is 0 Å². The zero-order chi connectivity index (χ0) is 39.1. The second-order valence-corrected chi connectivity index (χ2v) is 11.8. The Morgan fingerprint density at radius 1 is 0.708 bits per heavy atom. The summed E-state index contributed by atoms with van der Waals surface area (Å²) in [6, 6.07) is 0. The number of hydrogen-bond acceptors (Lipinski definition) is 16. The summed E-state index contributed by atoms with van der Waals surface area (Å²) in [5.74, 6) is -5.35. The van der Waals surface area contributed by atoms with Crippen molar-refractivity contribution in [3.8, 4) is 0 Å². The Kier molecular flexibility index (Phi) is 34.6. The quantitative estimate of drug-likeness (QED) is 0.0434. The van der Waals surface area contributed by atoms with Gasteiger partial charge in [0, 0.05) is 49.2 Å². The summed E-state index contributed by atoms with van der Waals surface area (Å²) in [6.07, 6.45) is 4.59. The zero-order valence-electron chi connectivity index (χ0n) is 28.6. The van der Waals surface area contributed by atoms with Gasteiger partial charge in [-0.1, -0.05) is 19.2 Å². The fourth-order valence-electron chi connectivity index (χ4n) is 2.19. The van der Waals surface area contributed by atoms with Crippen molar-refractivity contribution in [3.63, 3.8) is 0 Å². The lowest BCUT2D eigenvalue weighted by Crippen LogP contribution is -2.40. The van der Waals surface area contributed by atoms with Crippen molar-refractivity contribution in [3.05, 3.63) is 61.6 Å². The molecule has 276 valence electrons. The van der Waals surface area contributed by atoms with Crippen molar-refractivity contribution in [2.45, 2.75) is 26.6 Å². The second kappa shape index (κ2) is 31.2. The van der Waals surface area contributed by atoms with Crippen LogP contribution in [0.3, 0.4) is 0 Å². The van der Waals surface area contributed by atoms with E-state index in [1.807, 2.05) is 0 Å². The molecule has 0 aromatic heterocycles. The van der Waals surface area contributed by atoms with Gasteiger partial charge >= 0.3 is 27.1 Å². The summed E-state index contributed by atoms with van der Waals surface area (Å²) >= 11 is 0. The lowest BCUT2D eigenvalue weighted by atomic mass is 10.4. The Hall–Kier alpha value is -4.38. The standard InChI is InChI=1S/C8H11NO3.2C7H14NO6P.C3H4O.C2H4/c1-4-5-7(8(11)12-3)9-6(2)10;2*1-5(9)8-6(7(10)12-2)15(11,13-3)14-4;1-2-3-4;1-2/h4-5H,1H2,2-3H3,(H,9,10);10H,1-4H3,(H,8,9);6H,1-4H3,(H,8,9);2-3H,1H2;1-2H2/p-1/b7-5-;;;;. The molecule has 0 fully saturated rings. The van der Waals surface area contributed by atoms with E-state index in [0.29, 0.717) is 6.29 Å². The fraction of sp³-hybridized carbons (Fsp3) is 0.407. The summed E-state index contributed by atoms with van der Waals surface area (Å²) in [5.41, 5.74) is -0.456. The number of ether oxygens (including phenoxy) is 3. The number of allylic oxidation sites excluding steroid dienone is 3. The number of esters is 2. The Bertz CT molecular complexity index is 1200. The highest BCUT2D eigenvalue weighted by Crippen LogP contribution is 2.54. The normalized spacial score (nSPS) is 11.2. The SMILES string of the molecule is C=C.C=C/C=C(\NC(C)=O)C(=O)OC.C=CC=O.COC(=O)C(NC(C)=O)P(=O)(OC)OC.COC([O-])=C(NC(C)=O)P(=O)(OC)OC. The van der Waals surface area contributed by atoms with Crippen molar-refractivity contribution in [2.75, 3.05) is 49.8 Å². The van der Waals surface area contributed by atoms with Crippen LogP contribution in [0, 0.1) is 0 Å². The second-order valence-electron chi connectivity index (χ2n) is 7.28. The van der Waals surface area contributed by atoms with Gasteiger partial charge in [0.05, 0.1) is 20.2 Å². The van der Waals surface area contributed by atoms with Crippen molar-refractivity contribution in [1.82, 2.24) is 16.0 Å². The largest absolute Gasteiger partial charge is 0.615 e. The first-order chi connectivity index (χ1) is 22.3. The van der Waals surface area contributed by atoms with E-state index in [1.165, 1.54) is 39.2 Å². The topological polar surface area (TPSA) is 260 Å². The fourth-order valence-corrected chi connectivity index (χ4v) is 4.58. The van der Waals surface area contributed by atoms with Crippen LogP contribution < -0.4 is 21.1 Å². The minimum absolute atomic E-state index is 0.0833. The minimum Gasteiger partial charge on any atom is -0.615 e. The predicted molar refractivity (Wildman–Crippen MR) is 172 cm³/mol. The molecule has 3 N–H and O–H groups in total. The van der Waals surface area contributed by atoms with Crippen LogP contribution in [-0.2, 0) is 70.2 Å². The Labute approximate surface area is 280 Å². The van der Waals surface area contributed by atoms with Gasteiger partial charge in [-0.15, -0.1) is 13.2 Å². The molecule has 0 spiro atoms. The number of aldehydes is 1. The van der Waals surface area contributed by atoms with Crippen LogP contribution >= 0.6 is 15.2 Å². The summed E-state index contributed by atoms with van der Waals surface area (Å²) in [6.45, 7) is 16.1. The number of hydrogen-bond donors (Lipinski definition) is 3. The van der Waals surface area contributed by atoms with Gasteiger partial charge in [-0.05, 0) is 19.3 Å². The molecule has 0 bridgehead atoms. The number of amides is 3. The molecule has 48 heavy (non-hydrogen) atoms. The van der Waals surface area contributed by atoms with Crippen molar-refractivity contribution in [1.29, 1.82) is 0 Å². The number of nitrogens with one attached hydrogen (secondary N) is 3. The van der Waals surface area contributed by atoms with E-state index in [2.05, 4.69) is 74.6 Å². The van der Waals surface area contributed by atoms with E-state index in [0.717, 1.165) is 49.6 Å². The molecule has 1 unspecified atom stereocenters. The van der Waals surface area contributed by atoms with E-state index < -0.39 is 56.1 Å². The molecule has 0 rings (SSSR count). The average molecular weight is 731 g/mol. The third-order valence-corrected chi connectivity index (χ3v) is 7.91. The van der Waals surface area contributed by atoms with Crippen LogP contribution in [0.15, 0.2) is 61.6 Å². The van der Waals surface area contributed by atoms with Crippen molar-refractivity contribution < 1.29 is 75.3 Å². The zero-order valence-corrected chi connectivity index (χ0v) is 30.4. The molecule has 0 aliphatic carbocycles. The van der Waals surface area contributed by atoms with Gasteiger partial charge in [-0.25, -0.2) is 9.59 Å². The first-order valence-electron chi connectivity index (χ1n) is 12.6. The van der Waals surface area contributed by atoms with Crippen molar-refractivity contribution in [2.24, 2.45) is 0 Å². The molecule has 0 aromatic rings. The highest BCUT2D eigenvalue weighted by Gasteiger charge is 2.41. The summed E-state index contributed by atoms with van der Waals surface area (Å²) in [5, 5.41) is 17.7. The maximum absolute atomic E-state index is 11.8. The van der Waals surface area contributed by atoms with Crippen LogP contribution in [0.1, 0.15) is 20.8 Å². The third kappa shape index (κ3) is 23.9. The van der Waals surface area contributed by atoms with Gasteiger partial charge in [0.25, 0.3) is 0 Å². The number of carbonyl (C=O) groups is 6. The molecule has 0 aliphatic heterocycles. The lowest BCUT2D eigenvalue weighted by Gasteiger charge is -2.22. The summed E-state index contributed by atoms with van der Waals surface area (Å²) in [4.78, 5) is 63.3. The van der Waals surface area contributed by atoms with E-state index in [-0.39, 0.29) is 11.6 Å². The van der Waals surface area contributed by atoms with Crippen LogP contribution in [-0.4, -0.2) is 91.5 Å². The Morgan fingerprint density at radius 2 is 1.15 bits per heavy atom. The van der Waals surface area contributed by atoms with Crippen LogP contribution in [0.25, 0.3) is 0 Å². The highest BCUT2D eigenvalue weighted by molar-refractivity contribution is 7.58. The molecule has 21 heteroatoms. The maximum Gasteiger partial charge on any atom is 0.378 e. The summed E-state index contributed by atoms with van der Waals surface area (Å²) < 4.78 is 55.0. The third-order valence-electron chi connectivity index (χ3n) is 4.11. The molecule has 0 aromatic carbocycles. The number of carbonyl (C=O) groups excluding carboxylic acids is 6. The first-order valence-corrected chi connectivity index (χ1v) is 15.8. The lowest BCUT2D eigenvalue weighted by molar-refractivity contribution is -0.354. The molecule has 0 radical (unpaired) electrons. The molecule has 19 nitrogen and oxygen atoms in total. The molecule has 3 amide bonds. The van der Waals surface area contributed by atoms with E-state index in [9.17, 15) is 38.2 Å². The van der Waals surface area contributed by atoms with Gasteiger partial charge in [0.15, 0.2) is 5.44 Å². The van der Waals surface area contributed by atoms with Crippen molar-refractivity contribution >= 4 is 51.1 Å².